The van der Waals surface area contributed by atoms with Gasteiger partial charge in [0.1, 0.15) is 0 Å². The number of morpholine rings is 1. The smallest absolute Gasteiger partial charge is 0.0933 e. The molecule has 106 valence electrons. The third-order valence-corrected chi connectivity index (χ3v) is 4.12. The lowest BCUT2D eigenvalue weighted by Crippen LogP contribution is -2.55. The van der Waals surface area contributed by atoms with Crippen molar-refractivity contribution in [1.82, 2.24) is 4.90 Å². The minimum Gasteiger partial charge on any atom is -0.396 e. The first-order valence-corrected chi connectivity index (χ1v) is 6.84. The Morgan fingerprint density at radius 2 is 2.22 bits per heavy atom. The van der Waals surface area contributed by atoms with Crippen molar-refractivity contribution in [3.05, 3.63) is 0 Å². The van der Waals surface area contributed by atoms with E-state index in [1.807, 2.05) is 0 Å². The van der Waals surface area contributed by atoms with Crippen molar-refractivity contribution in [2.75, 3.05) is 46.1 Å². The molecule has 0 aromatic rings. The van der Waals surface area contributed by atoms with E-state index in [0.29, 0.717) is 19.3 Å². The third-order valence-electron chi connectivity index (χ3n) is 4.12. The predicted octanol–water partition coefficient (Wildman–Crippen LogP) is -0.143. The van der Waals surface area contributed by atoms with Crippen molar-refractivity contribution in [2.45, 2.75) is 31.9 Å². The van der Waals surface area contributed by atoms with Crippen LogP contribution < -0.4 is 0 Å². The standard InChI is InChI=1S/C13H25NO4/c1-11-7-18-12(6-15)5-14(11)8-13(9-16)3-2-4-17-10-13/h11-12,15-16H,2-10H2,1H3. The highest BCUT2D eigenvalue weighted by molar-refractivity contribution is 4.88. The van der Waals surface area contributed by atoms with Crippen LogP contribution in [0.4, 0.5) is 0 Å². The Hall–Kier alpha value is -0.200. The molecule has 0 spiro atoms. The summed E-state index contributed by atoms with van der Waals surface area (Å²) in [6.07, 6.45) is 1.93. The Balaban J connectivity index is 1.96. The molecular weight excluding hydrogens is 234 g/mol. The molecule has 0 amide bonds. The number of aliphatic hydroxyl groups is 2. The lowest BCUT2D eigenvalue weighted by atomic mass is 9.82. The first-order valence-electron chi connectivity index (χ1n) is 6.84. The number of ether oxygens (including phenoxy) is 2. The van der Waals surface area contributed by atoms with Gasteiger partial charge in [-0.15, -0.1) is 0 Å². The molecule has 18 heavy (non-hydrogen) atoms. The van der Waals surface area contributed by atoms with Gasteiger partial charge >= 0.3 is 0 Å². The van der Waals surface area contributed by atoms with Crippen LogP contribution in [0.25, 0.3) is 0 Å². The van der Waals surface area contributed by atoms with Gasteiger partial charge in [-0.25, -0.2) is 0 Å². The second-order valence-electron chi connectivity index (χ2n) is 5.73. The molecule has 5 nitrogen and oxygen atoms in total. The molecule has 2 aliphatic heterocycles. The summed E-state index contributed by atoms with van der Waals surface area (Å²) in [5.74, 6) is 0. The molecule has 0 aromatic heterocycles. The quantitative estimate of drug-likeness (QED) is 0.735. The highest BCUT2D eigenvalue weighted by Gasteiger charge is 2.37. The van der Waals surface area contributed by atoms with E-state index < -0.39 is 0 Å². The second-order valence-corrected chi connectivity index (χ2v) is 5.73. The minimum absolute atomic E-state index is 0.0614. The molecule has 2 N–H and O–H groups in total. The molecule has 5 heteroatoms. The summed E-state index contributed by atoms with van der Waals surface area (Å²) in [5.41, 5.74) is -0.135. The molecule has 3 unspecified atom stereocenters. The summed E-state index contributed by atoms with van der Waals surface area (Å²) >= 11 is 0. The van der Waals surface area contributed by atoms with Crippen LogP contribution in [0.3, 0.4) is 0 Å². The average Bonchev–Trinajstić information content (AvgIpc) is 2.42. The number of hydrogen-bond acceptors (Lipinski definition) is 5. The molecular formula is C13H25NO4. The van der Waals surface area contributed by atoms with Crippen molar-refractivity contribution >= 4 is 0 Å². The van der Waals surface area contributed by atoms with Crippen LogP contribution in [0.2, 0.25) is 0 Å². The fourth-order valence-corrected chi connectivity index (χ4v) is 2.85. The molecule has 0 aromatic carbocycles. The van der Waals surface area contributed by atoms with Gasteiger partial charge in [0.25, 0.3) is 0 Å². The number of aliphatic hydroxyl groups excluding tert-OH is 2. The van der Waals surface area contributed by atoms with Gasteiger partial charge in [-0.1, -0.05) is 0 Å². The Morgan fingerprint density at radius 3 is 2.83 bits per heavy atom. The normalized spacial score (nSPS) is 38.8. The van der Waals surface area contributed by atoms with Crippen LogP contribution in [-0.2, 0) is 9.47 Å². The molecule has 2 heterocycles. The lowest BCUT2D eigenvalue weighted by molar-refractivity contribution is -0.112. The molecule has 2 fully saturated rings. The van der Waals surface area contributed by atoms with Crippen molar-refractivity contribution < 1.29 is 19.7 Å². The fourth-order valence-electron chi connectivity index (χ4n) is 2.85. The first-order chi connectivity index (χ1) is 8.69. The SMILES string of the molecule is CC1COC(CO)CN1CC1(CO)CCCOC1. The van der Waals surface area contributed by atoms with Gasteiger partial charge in [-0.2, -0.15) is 0 Å². The maximum absolute atomic E-state index is 9.69. The summed E-state index contributed by atoms with van der Waals surface area (Å²) in [6, 6.07) is 0.332. The number of hydrogen-bond donors (Lipinski definition) is 2. The summed E-state index contributed by atoms with van der Waals surface area (Å²) < 4.78 is 11.1. The molecule has 2 saturated heterocycles. The van der Waals surface area contributed by atoms with Gasteiger partial charge in [0, 0.05) is 31.2 Å². The molecule has 0 saturated carbocycles. The van der Waals surface area contributed by atoms with Gasteiger partial charge in [0.2, 0.25) is 0 Å². The summed E-state index contributed by atoms with van der Waals surface area (Å²) in [7, 11) is 0. The Morgan fingerprint density at radius 1 is 1.39 bits per heavy atom. The number of nitrogens with zero attached hydrogens (tertiary/aromatic N) is 1. The van der Waals surface area contributed by atoms with Crippen molar-refractivity contribution in [3.63, 3.8) is 0 Å². The van der Waals surface area contributed by atoms with Crippen LogP contribution in [0.1, 0.15) is 19.8 Å². The Bertz CT molecular complexity index is 255. The van der Waals surface area contributed by atoms with Gasteiger partial charge in [-0.3, -0.25) is 4.90 Å². The Kier molecular flexibility index (Phi) is 4.98. The maximum atomic E-state index is 9.69. The monoisotopic (exact) mass is 259 g/mol. The lowest BCUT2D eigenvalue weighted by Gasteiger charge is -2.44. The minimum atomic E-state index is -0.135. The topological polar surface area (TPSA) is 62.2 Å². The molecule has 0 aliphatic carbocycles. The van der Waals surface area contributed by atoms with Crippen molar-refractivity contribution in [1.29, 1.82) is 0 Å². The number of rotatable bonds is 4. The molecule has 2 rings (SSSR count). The van der Waals surface area contributed by atoms with Gasteiger partial charge in [0.05, 0.1) is 32.5 Å². The highest BCUT2D eigenvalue weighted by Crippen LogP contribution is 2.30. The van der Waals surface area contributed by atoms with E-state index in [1.54, 1.807) is 0 Å². The highest BCUT2D eigenvalue weighted by atomic mass is 16.5. The second kappa shape index (κ2) is 6.30. The summed E-state index contributed by atoms with van der Waals surface area (Å²) in [5, 5.41) is 18.9. The molecule has 0 bridgehead atoms. The summed E-state index contributed by atoms with van der Waals surface area (Å²) in [6.45, 7) is 6.00. The van der Waals surface area contributed by atoms with Crippen LogP contribution >= 0.6 is 0 Å². The largest absolute Gasteiger partial charge is 0.396 e. The predicted molar refractivity (Wildman–Crippen MR) is 67.4 cm³/mol. The molecule has 2 aliphatic rings. The van der Waals surface area contributed by atoms with Gasteiger partial charge in [0.15, 0.2) is 0 Å². The molecule has 0 radical (unpaired) electrons. The third kappa shape index (κ3) is 3.22. The average molecular weight is 259 g/mol. The van der Waals surface area contributed by atoms with E-state index >= 15 is 0 Å². The first kappa shape index (κ1) is 14.2. The van der Waals surface area contributed by atoms with Gasteiger partial charge < -0.3 is 19.7 Å². The maximum Gasteiger partial charge on any atom is 0.0933 e. The van der Waals surface area contributed by atoms with E-state index in [1.165, 1.54) is 0 Å². The van der Waals surface area contributed by atoms with Crippen LogP contribution in [0, 0.1) is 5.41 Å². The van der Waals surface area contributed by atoms with E-state index in [2.05, 4.69) is 11.8 Å². The zero-order chi connectivity index (χ0) is 13.0. The van der Waals surface area contributed by atoms with Crippen molar-refractivity contribution in [3.8, 4) is 0 Å². The summed E-state index contributed by atoms with van der Waals surface area (Å²) in [4.78, 5) is 2.31. The zero-order valence-electron chi connectivity index (χ0n) is 11.2. The van der Waals surface area contributed by atoms with Gasteiger partial charge in [-0.05, 0) is 19.8 Å². The van der Waals surface area contributed by atoms with E-state index in [4.69, 9.17) is 9.47 Å². The Labute approximate surface area is 109 Å². The molecule has 3 atom stereocenters. The van der Waals surface area contributed by atoms with Crippen LogP contribution in [0.15, 0.2) is 0 Å². The zero-order valence-corrected chi connectivity index (χ0v) is 11.2. The van der Waals surface area contributed by atoms with Crippen LogP contribution in [0.5, 0.6) is 0 Å². The van der Waals surface area contributed by atoms with Crippen molar-refractivity contribution in [2.24, 2.45) is 5.41 Å². The van der Waals surface area contributed by atoms with E-state index in [0.717, 1.165) is 32.5 Å². The van der Waals surface area contributed by atoms with E-state index in [9.17, 15) is 10.2 Å². The van der Waals surface area contributed by atoms with E-state index in [-0.39, 0.29) is 24.7 Å². The van der Waals surface area contributed by atoms with Crippen LogP contribution in [-0.4, -0.2) is 73.4 Å². The fraction of sp³-hybridized carbons (Fsp3) is 1.00.